The van der Waals surface area contributed by atoms with Gasteiger partial charge in [0.25, 0.3) is 5.56 Å². The van der Waals surface area contributed by atoms with E-state index >= 15 is 0 Å². The zero-order chi connectivity index (χ0) is 28.9. The largest absolute Gasteiger partial charge is 0.394 e. The number of hydrogen-bond donors (Lipinski definition) is 2. The highest BCUT2D eigenvalue weighted by Gasteiger charge is 2.33. The Bertz CT molecular complexity index is 1710. The number of amides is 1. The number of hydrogen-bond acceptors (Lipinski definition) is 4. The second-order valence-electron chi connectivity index (χ2n) is 11.1. The molecule has 4 aromatic carbocycles. The van der Waals surface area contributed by atoms with Gasteiger partial charge in [0, 0.05) is 10.9 Å². The number of carbonyl (C=O) groups is 1. The third kappa shape index (κ3) is 5.76. The lowest BCUT2D eigenvalue weighted by molar-refractivity contribution is -0.124. The Balaban J connectivity index is 1.28. The molecule has 1 aliphatic carbocycles. The van der Waals surface area contributed by atoms with Gasteiger partial charge in [-0.05, 0) is 41.5 Å². The van der Waals surface area contributed by atoms with Crippen molar-refractivity contribution in [3.8, 4) is 11.3 Å². The second kappa shape index (κ2) is 12.5. The number of rotatable bonds is 9. The minimum atomic E-state index is -0.452. The van der Waals surface area contributed by atoms with Crippen LogP contribution in [0.2, 0.25) is 0 Å². The Labute approximate surface area is 245 Å². The molecule has 0 radical (unpaired) electrons. The molecule has 1 amide bonds. The number of aliphatic hydroxyl groups is 1. The van der Waals surface area contributed by atoms with E-state index in [1.54, 1.807) is 0 Å². The van der Waals surface area contributed by atoms with Crippen LogP contribution in [0.4, 0.5) is 0 Å². The molecule has 5 aromatic rings. The van der Waals surface area contributed by atoms with Crippen LogP contribution in [0.15, 0.2) is 114 Å². The van der Waals surface area contributed by atoms with Crippen molar-refractivity contribution in [3.05, 3.63) is 136 Å². The van der Waals surface area contributed by atoms with Crippen LogP contribution in [0.3, 0.4) is 0 Å². The molecule has 6 rings (SSSR count). The normalized spacial score (nSPS) is 15.0. The van der Waals surface area contributed by atoms with E-state index in [9.17, 15) is 14.7 Å². The summed E-state index contributed by atoms with van der Waals surface area (Å²) in [6, 6.07) is 34.7. The average Bonchev–Trinajstić information content (AvgIpc) is 3.57. The van der Waals surface area contributed by atoms with E-state index in [-0.39, 0.29) is 29.9 Å². The predicted molar refractivity (Wildman–Crippen MR) is 166 cm³/mol. The highest BCUT2D eigenvalue weighted by Crippen LogP contribution is 2.38. The summed E-state index contributed by atoms with van der Waals surface area (Å²) in [5.74, 6) is -0.104. The number of nitrogens with one attached hydrogen (secondary N) is 1. The molecule has 0 aliphatic heterocycles. The number of benzene rings is 4. The molecular weight excluding hydrogens is 522 g/mol. The van der Waals surface area contributed by atoms with Crippen molar-refractivity contribution in [2.45, 2.75) is 44.2 Å². The third-order valence-electron chi connectivity index (χ3n) is 8.44. The summed E-state index contributed by atoms with van der Waals surface area (Å²) in [7, 11) is 0. The first-order valence-electron chi connectivity index (χ1n) is 14.7. The maximum absolute atomic E-state index is 13.7. The smallest absolute Gasteiger partial charge is 0.274 e. The quantitative estimate of drug-likeness (QED) is 0.225. The number of fused-ring (bicyclic) bond motifs is 1. The van der Waals surface area contributed by atoms with Gasteiger partial charge in [-0.2, -0.15) is 5.10 Å². The summed E-state index contributed by atoms with van der Waals surface area (Å²) in [5, 5.41) is 19.4. The number of carbonyl (C=O) groups excluding carboxylic acids is 1. The fourth-order valence-corrected chi connectivity index (χ4v) is 6.26. The maximum Gasteiger partial charge on any atom is 0.274 e. The average molecular weight is 558 g/mol. The van der Waals surface area contributed by atoms with Crippen molar-refractivity contribution >= 4 is 16.7 Å². The van der Waals surface area contributed by atoms with Gasteiger partial charge in [-0.15, -0.1) is 0 Å². The first kappa shape index (κ1) is 27.6. The Morgan fingerprint density at radius 3 is 2.10 bits per heavy atom. The molecule has 1 heterocycles. The molecule has 2 atom stereocenters. The van der Waals surface area contributed by atoms with Crippen LogP contribution in [0.5, 0.6) is 0 Å². The zero-order valence-corrected chi connectivity index (χ0v) is 23.5. The summed E-state index contributed by atoms with van der Waals surface area (Å²) in [5.41, 5.74) is 4.38. The Kier molecular flexibility index (Phi) is 8.24. The first-order chi connectivity index (χ1) is 20.6. The van der Waals surface area contributed by atoms with Crippen LogP contribution >= 0.6 is 0 Å². The molecule has 0 bridgehead atoms. The van der Waals surface area contributed by atoms with Gasteiger partial charge in [-0.1, -0.05) is 116 Å². The summed E-state index contributed by atoms with van der Waals surface area (Å²) < 4.78 is 1.53. The third-order valence-corrected chi connectivity index (χ3v) is 8.44. The van der Waals surface area contributed by atoms with Gasteiger partial charge in [-0.25, -0.2) is 4.68 Å². The van der Waals surface area contributed by atoms with E-state index < -0.39 is 6.04 Å². The van der Waals surface area contributed by atoms with Crippen LogP contribution in [0, 0.1) is 5.92 Å². The minimum absolute atomic E-state index is 0.0579. The molecule has 2 N–H and O–H groups in total. The molecule has 1 aromatic heterocycles. The van der Waals surface area contributed by atoms with Gasteiger partial charge in [0.05, 0.1) is 36.2 Å². The van der Waals surface area contributed by atoms with Gasteiger partial charge in [0.1, 0.15) is 0 Å². The van der Waals surface area contributed by atoms with Gasteiger partial charge in [0.15, 0.2) is 0 Å². The van der Waals surface area contributed by atoms with Crippen LogP contribution in [-0.4, -0.2) is 27.4 Å². The first-order valence-corrected chi connectivity index (χ1v) is 14.7. The van der Waals surface area contributed by atoms with Gasteiger partial charge in [-0.3, -0.25) is 9.59 Å². The van der Waals surface area contributed by atoms with Gasteiger partial charge in [0.2, 0.25) is 5.91 Å². The van der Waals surface area contributed by atoms with E-state index in [1.165, 1.54) is 4.68 Å². The molecule has 1 fully saturated rings. The standard InChI is InChI=1S/C36H35N3O3/c40-24-32(26-11-3-1-4-12-26)37-35(41)33(27-13-7-8-14-27)28-21-19-25(20-22-28)23-39-36(42)31-18-10-9-17-30(31)34(38-39)29-15-5-2-6-16-29/h1-6,9-12,15-22,27,32-33,40H,7-8,13-14,23-24H2,(H,37,41)/t32-,33?/m0/s1. The van der Waals surface area contributed by atoms with E-state index in [2.05, 4.69) is 5.32 Å². The molecule has 1 aliphatic rings. The summed E-state index contributed by atoms with van der Waals surface area (Å²) in [4.78, 5) is 27.1. The molecule has 1 unspecified atom stereocenters. The lowest BCUT2D eigenvalue weighted by atomic mass is 9.83. The molecule has 0 spiro atoms. The number of aliphatic hydroxyl groups excluding tert-OH is 1. The van der Waals surface area contributed by atoms with E-state index in [0.29, 0.717) is 11.9 Å². The van der Waals surface area contributed by atoms with Crippen LogP contribution < -0.4 is 10.9 Å². The molecule has 42 heavy (non-hydrogen) atoms. The SMILES string of the molecule is O=C(N[C@@H](CO)c1ccccc1)C(c1ccc(Cn2nc(-c3ccccc3)c3ccccc3c2=O)cc1)C1CCCC1. The highest BCUT2D eigenvalue weighted by atomic mass is 16.3. The molecule has 1 saturated carbocycles. The molecule has 6 nitrogen and oxygen atoms in total. The monoisotopic (exact) mass is 557 g/mol. The Morgan fingerprint density at radius 1 is 0.810 bits per heavy atom. The zero-order valence-electron chi connectivity index (χ0n) is 23.5. The van der Waals surface area contributed by atoms with E-state index in [4.69, 9.17) is 5.10 Å². The maximum atomic E-state index is 13.7. The number of aromatic nitrogens is 2. The lowest BCUT2D eigenvalue weighted by Gasteiger charge is -2.26. The van der Waals surface area contributed by atoms with Gasteiger partial charge < -0.3 is 10.4 Å². The fraction of sp³-hybridized carbons (Fsp3) is 0.250. The molecule has 212 valence electrons. The Hall–Kier alpha value is -4.55. The summed E-state index contributed by atoms with van der Waals surface area (Å²) >= 11 is 0. The molecular formula is C36H35N3O3. The topological polar surface area (TPSA) is 84.2 Å². The summed E-state index contributed by atoms with van der Waals surface area (Å²) in [6.45, 7) is 0.162. The van der Waals surface area contributed by atoms with Crippen molar-refractivity contribution in [2.75, 3.05) is 6.61 Å². The fourth-order valence-electron chi connectivity index (χ4n) is 6.26. The summed E-state index contributed by atoms with van der Waals surface area (Å²) in [6.07, 6.45) is 4.26. The predicted octanol–water partition coefficient (Wildman–Crippen LogP) is 6.24. The van der Waals surface area contributed by atoms with E-state index in [0.717, 1.165) is 59.0 Å². The van der Waals surface area contributed by atoms with Gasteiger partial charge >= 0.3 is 0 Å². The lowest BCUT2D eigenvalue weighted by Crippen LogP contribution is -2.37. The number of nitrogens with zero attached hydrogens (tertiary/aromatic N) is 2. The van der Waals surface area contributed by atoms with Crippen molar-refractivity contribution in [1.82, 2.24) is 15.1 Å². The van der Waals surface area contributed by atoms with Crippen molar-refractivity contribution in [2.24, 2.45) is 5.92 Å². The molecule has 6 heteroatoms. The van der Waals surface area contributed by atoms with E-state index in [1.807, 2.05) is 109 Å². The molecule has 0 saturated heterocycles. The van der Waals surface area contributed by atoms with Crippen molar-refractivity contribution in [1.29, 1.82) is 0 Å². The second-order valence-corrected chi connectivity index (χ2v) is 11.1. The minimum Gasteiger partial charge on any atom is -0.394 e. The van der Waals surface area contributed by atoms with Crippen LogP contribution in [0.25, 0.3) is 22.0 Å². The van der Waals surface area contributed by atoms with Crippen molar-refractivity contribution < 1.29 is 9.90 Å². The highest BCUT2D eigenvalue weighted by molar-refractivity contribution is 5.93. The van der Waals surface area contributed by atoms with Crippen LogP contribution in [0.1, 0.15) is 54.3 Å². The van der Waals surface area contributed by atoms with Crippen LogP contribution in [-0.2, 0) is 11.3 Å². The Morgan fingerprint density at radius 2 is 1.43 bits per heavy atom. The van der Waals surface area contributed by atoms with Crippen molar-refractivity contribution in [3.63, 3.8) is 0 Å².